The summed E-state index contributed by atoms with van der Waals surface area (Å²) in [6, 6.07) is 13.9. The molecule has 6 heteroatoms. The molecule has 0 unspecified atom stereocenters. The van der Waals surface area contributed by atoms with E-state index in [-0.39, 0.29) is 11.9 Å². The average molecular weight is 401 g/mol. The molecule has 2 aromatic heterocycles. The second kappa shape index (κ2) is 8.18. The number of nitrogens with one attached hydrogen (secondary N) is 1. The summed E-state index contributed by atoms with van der Waals surface area (Å²) >= 11 is 3.52. The Balaban J connectivity index is 1.65. The lowest BCUT2D eigenvalue weighted by Gasteiger charge is -2.14. The summed E-state index contributed by atoms with van der Waals surface area (Å²) in [5.41, 5.74) is 8.44. The monoisotopic (exact) mass is 400 g/mol. The van der Waals surface area contributed by atoms with Crippen molar-refractivity contribution in [1.82, 2.24) is 9.97 Å². The minimum atomic E-state index is -0.358. The highest BCUT2D eigenvalue weighted by Gasteiger charge is 2.11. The fraction of sp³-hybridized carbons (Fsp3) is 0.158. The normalized spacial score (nSPS) is 12.0. The van der Waals surface area contributed by atoms with Crippen molar-refractivity contribution in [3.63, 3.8) is 0 Å². The molecule has 25 heavy (non-hydrogen) atoms. The average Bonchev–Trinajstić information content (AvgIpc) is 2.64. The van der Waals surface area contributed by atoms with Crippen LogP contribution in [0.4, 0.5) is 10.2 Å². The van der Waals surface area contributed by atoms with Gasteiger partial charge in [-0.2, -0.15) is 0 Å². The van der Waals surface area contributed by atoms with Crippen LogP contribution in [0.15, 0.2) is 65.4 Å². The highest BCUT2D eigenvalue weighted by molar-refractivity contribution is 9.10. The van der Waals surface area contributed by atoms with Crippen LogP contribution in [0.1, 0.15) is 18.0 Å². The zero-order chi connectivity index (χ0) is 17.6. The predicted octanol–water partition coefficient (Wildman–Crippen LogP) is 4.55. The van der Waals surface area contributed by atoms with Crippen molar-refractivity contribution in [3.05, 3.63) is 76.8 Å². The van der Waals surface area contributed by atoms with E-state index in [1.807, 2.05) is 24.3 Å². The van der Waals surface area contributed by atoms with E-state index in [0.717, 1.165) is 21.5 Å². The predicted molar refractivity (Wildman–Crippen MR) is 102 cm³/mol. The van der Waals surface area contributed by atoms with E-state index in [4.69, 9.17) is 5.73 Å². The molecule has 128 valence electrons. The van der Waals surface area contributed by atoms with Gasteiger partial charge < -0.3 is 11.1 Å². The molecule has 3 N–H and O–H groups in total. The van der Waals surface area contributed by atoms with Crippen LogP contribution >= 0.6 is 15.9 Å². The van der Waals surface area contributed by atoms with Crippen LogP contribution in [0.25, 0.3) is 11.3 Å². The third kappa shape index (κ3) is 4.41. The topological polar surface area (TPSA) is 63.8 Å². The molecule has 0 spiro atoms. The molecule has 0 saturated carbocycles. The lowest BCUT2D eigenvalue weighted by Crippen LogP contribution is -2.17. The van der Waals surface area contributed by atoms with Crippen molar-refractivity contribution >= 4 is 21.7 Å². The smallest absolute Gasteiger partial charge is 0.127 e. The Bertz CT molecular complexity index is 842. The van der Waals surface area contributed by atoms with Crippen molar-refractivity contribution in [2.24, 2.45) is 5.73 Å². The Morgan fingerprint density at radius 3 is 2.60 bits per heavy atom. The molecule has 4 nitrogen and oxygen atoms in total. The fourth-order valence-corrected chi connectivity index (χ4v) is 2.99. The maximum absolute atomic E-state index is 13.8. The van der Waals surface area contributed by atoms with Crippen molar-refractivity contribution < 1.29 is 4.39 Å². The van der Waals surface area contributed by atoms with E-state index in [1.54, 1.807) is 30.6 Å². The van der Waals surface area contributed by atoms with Crippen LogP contribution in [0, 0.1) is 5.82 Å². The summed E-state index contributed by atoms with van der Waals surface area (Å²) < 4.78 is 14.7. The Kier molecular flexibility index (Phi) is 5.73. The minimum Gasteiger partial charge on any atom is -0.370 e. The molecule has 0 fully saturated rings. The third-order valence-electron chi connectivity index (χ3n) is 3.87. The van der Waals surface area contributed by atoms with Crippen molar-refractivity contribution in [1.29, 1.82) is 0 Å². The van der Waals surface area contributed by atoms with E-state index in [0.29, 0.717) is 18.5 Å². The number of hydrogen-bond acceptors (Lipinski definition) is 4. The Labute approximate surface area is 154 Å². The van der Waals surface area contributed by atoms with Gasteiger partial charge in [0.25, 0.3) is 0 Å². The van der Waals surface area contributed by atoms with Gasteiger partial charge in [-0.25, -0.2) is 9.37 Å². The van der Waals surface area contributed by atoms with Gasteiger partial charge in [0.05, 0.1) is 5.69 Å². The van der Waals surface area contributed by atoms with E-state index in [1.165, 1.54) is 6.07 Å². The van der Waals surface area contributed by atoms with Crippen LogP contribution in [-0.4, -0.2) is 16.5 Å². The molecule has 0 bridgehead atoms. The zero-order valence-electron chi connectivity index (χ0n) is 13.5. The molecular formula is C19H18BrFN4. The largest absolute Gasteiger partial charge is 0.370 e. The quantitative estimate of drug-likeness (QED) is 0.636. The van der Waals surface area contributed by atoms with Gasteiger partial charge in [-0.15, -0.1) is 0 Å². The van der Waals surface area contributed by atoms with Crippen LogP contribution in [0.5, 0.6) is 0 Å². The Morgan fingerprint density at radius 1 is 1.08 bits per heavy atom. The number of pyridine rings is 2. The molecule has 1 atom stereocenters. The molecule has 0 saturated heterocycles. The Morgan fingerprint density at radius 2 is 1.84 bits per heavy atom. The molecule has 0 radical (unpaired) electrons. The highest BCUT2D eigenvalue weighted by atomic mass is 79.9. The van der Waals surface area contributed by atoms with Crippen molar-refractivity contribution in [2.45, 2.75) is 12.5 Å². The maximum Gasteiger partial charge on any atom is 0.127 e. The highest BCUT2D eigenvalue weighted by Crippen LogP contribution is 2.27. The number of nitrogens with two attached hydrogens (primary N) is 1. The fourth-order valence-electron chi connectivity index (χ4n) is 2.54. The number of anilines is 1. The molecule has 0 amide bonds. The van der Waals surface area contributed by atoms with Gasteiger partial charge in [0.15, 0.2) is 0 Å². The lowest BCUT2D eigenvalue weighted by atomic mass is 10.0. The summed E-state index contributed by atoms with van der Waals surface area (Å²) in [5, 5.41) is 3.25. The van der Waals surface area contributed by atoms with Gasteiger partial charge in [0, 0.05) is 40.6 Å². The summed E-state index contributed by atoms with van der Waals surface area (Å²) in [6.07, 6.45) is 4.07. The van der Waals surface area contributed by atoms with Crippen molar-refractivity contribution in [3.8, 4) is 11.3 Å². The standard InChI is InChI=1S/C19H18BrFN4/c20-15-5-6-18(25-19(15)13-7-10-23-11-8-13)24-12-9-17(22)14-3-1-2-4-16(14)21/h1-8,10-11,17H,9,12,22H2,(H,24,25)/t17-/m0/s1. The van der Waals surface area contributed by atoms with Gasteiger partial charge in [0.1, 0.15) is 11.6 Å². The second-order valence-electron chi connectivity index (χ2n) is 5.61. The molecule has 0 aliphatic carbocycles. The second-order valence-corrected chi connectivity index (χ2v) is 6.46. The van der Waals surface area contributed by atoms with Gasteiger partial charge >= 0.3 is 0 Å². The van der Waals surface area contributed by atoms with E-state index >= 15 is 0 Å². The van der Waals surface area contributed by atoms with Gasteiger partial charge in [0.2, 0.25) is 0 Å². The number of benzene rings is 1. The number of nitrogens with zero attached hydrogens (tertiary/aromatic N) is 2. The van der Waals surface area contributed by atoms with Crippen LogP contribution < -0.4 is 11.1 Å². The summed E-state index contributed by atoms with van der Waals surface area (Å²) in [7, 11) is 0. The molecule has 0 aliphatic rings. The molecule has 0 aliphatic heterocycles. The zero-order valence-corrected chi connectivity index (χ0v) is 15.1. The molecule has 3 rings (SSSR count). The number of hydrogen-bond donors (Lipinski definition) is 2. The molecule has 3 aromatic rings. The van der Waals surface area contributed by atoms with Gasteiger partial charge in [-0.1, -0.05) is 18.2 Å². The Hall–Kier alpha value is -2.31. The molecular weight excluding hydrogens is 383 g/mol. The lowest BCUT2D eigenvalue weighted by molar-refractivity contribution is 0.570. The summed E-state index contributed by atoms with van der Waals surface area (Å²) in [6.45, 7) is 0.597. The minimum absolute atomic E-state index is 0.267. The summed E-state index contributed by atoms with van der Waals surface area (Å²) in [4.78, 5) is 8.65. The molecule has 1 aromatic carbocycles. The third-order valence-corrected chi connectivity index (χ3v) is 4.51. The number of halogens is 2. The van der Waals surface area contributed by atoms with Gasteiger partial charge in [-0.05, 0) is 52.7 Å². The first-order valence-electron chi connectivity index (χ1n) is 7.96. The van der Waals surface area contributed by atoms with Crippen molar-refractivity contribution in [2.75, 3.05) is 11.9 Å². The van der Waals surface area contributed by atoms with Gasteiger partial charge in [-0.3, -0.25) is 4.98 Å². The maximum atomic E-state index is 13.8. The first kappa shape index (κ1) is 17.5. The SMILES string of the molecule is N[C@@H](CCNc1ccc(Br)c(-c2ccncc2)n1)c1ccccc1F. The van der Waals surface area contributed by atoms with E-state index in [9.17, 15) is 4.39 Å². The summed E-state index contributed by atoms with van der Waals surface area (Å²) in [5.74, 6) is 0.479. The van der Waals surface area contributed by atoms with Crippen LogP contribution in [0.2, 0.25) is 0 Å². The molecule has 2 heterocycles. The van der Waals surface area contributed by atoms with E-state index < -0.39 is 0 Å². The number of aromatic nitrogens is 2. The van der Waals surface area contributed by atoms with Crippen LogP contribution in [-0.2, 0) is 0 Å². The number of rotatable bonds is 6. The first-order valence-corrected chi connectivity index (χ1v) is 8.75. The van der Waals surface area contributed by atoms with E-state index in [2.05, 4.69) is 31.2 Å². The first-order chi connectivity index (χ1) is 12.1. The van der Waals surface area contributed by atoms with Crippen LogP contribution in [0.3, 0.4) is 0 Å².